The lowest BCUT2D eigenvalue weighted by Crippen LogP contribution is -2.14. The zero-order valence-corrected chi connectivity index (χ0v) is 16.8. The number of hydrogen-bond donors (Lipinski definition) is 2. The Morgan fingerprint density at radius 2 is 1.93 bits per heavy atom. The van der Waals surface area contributed by atoms with Gasteiger partial charge in [0.2, 0.25) is 0 Å². The fourth-order valence-corrected chi connectivity index (χ4v) is 3.11. The molecule has 1 aromatic carbocycles. The molecule has 30 heavy (non-hydrogen) atoms. The topological polar surface area (TPSA) is 108 Å². The number of aromatic nitrogens is 2. The summed E-state index contributed by atoms with van der Waals surface area (Å²) < 4.78 is 1.95. The summed E-state index contributed by atoms with van der Waals surface area (Å²) in [5, 5.41) is 21.2. The maximum absolute atomic E-state index is 12.6. The monoisotopic (exact) mass is 400 g/mol. The molecular weight excluding hydrogens is 380 g/mol. The lowest BCUT2D eigenvalue weighted by atomic mass is 10.1. The van der Waals surface area contributed by atoms with Crippen LogP contribution in [0.25, 0.3) is 11.9 Å². The van der Waals surface area contributed by atoms with Gasteiger partial charge in [-0.3, -0.25) is 4.79 Å². The predicted molar refractivity (Wildman–Crippen MR) is 113 cm³/mol. The van der Waals surface area contributed by atoms with Crippen LogP contribution in [0.1, 0.15) is 32.9 Å². The molecule has 0 bridgehead atoms. The molecule has 0 spiro atoms. The van der Waals surface area contributed by atoms with Gasteiger partial charge in [0.15, 0.2) is 0 Å². The number of nitrogens with one attached hydrogen (secondary N) is 1. The third-order valence-corrected chi connectivity index (χ3v) is 4.63. The zero-order valence-electron chi connectivity index (χ0n) is 16.8. The Balaban J connectivity index is 1.91. The van der Waals surface area contributed by atoms with Gasteiger partial charge in [-0.25, -0.2) is 9.78 Å². The van der Waals surface area contributed by atoms with Gasteiger partial charge >= 0.3 is 5.97 Å². The fourth-order valence-electron chi connectivity index (χ4n) is 3.11. The molecule has 3 aromatic rings. The largest absolute Gasteiger partial charge is 0.478 e. The molecule has 0 unspecified atom stereocenters. The van der Waals surface area contributed by atoms with E-state index in [2.05, 4.69) is 10.3 Å². The van der Waals surface area contributed by atoms with Crippen LogP contribution in [-0.4, -0.2) is 26.5 Å². The van der Waals surface area contributed by atoms with Crippen molar-refractivity contribution < 1.29 is 14.7 Å². The summed E-state index contributed by atoms with van der Waals surface area (Å²) in [6, 6.07) is 13.5. The number of carbonyl (C=O) groups excluding carboxylic acids is 1. The number of nitrogens with zero attached hydrogens (tertiary/aromatic N) is 3. The summed E-state index contributed by atoms with van der Waals surface area (Å²) in [4.78, 5) is 28.1. The zero-order chi connectivity index (χ0) is 21.8. The highest BCUT2D eigenvalue weighted by Crippen LogP contribution is 2.22. The quantitative estimate of drug-likeness (QED) is 0.496. The van der Waals surface area contributed by atoms with Crippen LogP contribution in [0.5, 0.6) is 0 Å². The van der Waals surface area contributed by atoms with Crippen molar-refractivity contribution in [1.82, 2.24) is 9.55 Å². The van der Waals surface area contributed by atoms with Crippen LogP contribution < -0.4 is 5.32 Å². The minimum absolute atomic E-state index is 0.0458. The molecule has 1 amide bonds. The summed E-state index contributed by atoms with van der Waals surface area (Å²) >= 11 is 0. The van der Waals surface area contributed by atoms with Crippen molar-refractivity contribution in [3.63, 3.8) is 0 Å². The summed E-state index contributed by atoms with van der Waals surface area (Å²) in [5.74, 6) is -0.957. The standard InChI is InChI=1S/C23H20N4O3/c1-14-7-8-21(25-13-14)27-15(2)9-18(16(27)3)10-19(12-24)22(28)26-20-6-4-5-17(11-20)23(29)30/h4-11,13H,1-3H3,(H,26,28)(H,29,30)/b19-10-. The van der Waals surface area contributed by atoms with Gasteiger partial charge in [0.1, 0.15) is 17.5 Å². The molecule has 7 nitrogen and oxygen atoms in total. The third-order valence-electron chi connectivity index (χ3n) is 4.63. The van der Waals surface area contributed by atoms with Crippen LogP contribution in [0.3, 0.4) is 0 Å². The van der Waals surface area contributed by atoms with Gasteiger partial charge in [-0.05, 0) is 68.3 Å². The van der Waals surface area contributed by atoms with Gasteiger partial charge in [0.05, 0.1) is 5.56 Å². The highest BCUT2D eigenvalue weighted by Gasteiger charge is 2.15. The SMILES string of the molecule is Cc1ccc(-n2c(C)cc(/C=C(/C#N)C(=O)Nc3cccc(C(=O)O)c3)c2C)nc1. The van der Waals surface area contributed by atoms with Crippen molar-refractivity contribution in [3.05, 3.63) is 82.3 Å². The van der Waals surface area contributed by atoms with E-state index in [0.717, 1.165) is 28.3 Å². The molecule has 0 saturated heterocycles. The van der Waals surface area contributed by atoms with Gasteiger partial charge in [0, 0.05) is 23.3 Å². The average molecular weight is 400 g/mol. The Morgan fingerprint density at radius 3 is 2.57 bits per heavy atom. The van der Waals surface area contributed by atoms with Gasteiger partial charge in [-0.1, -0.05) is 12.1 Å². The minimum atomic E-state index is -1.10. The first kappa shape index (κ1) is 20.6. The number of benzene rings is 1. The van der Waals surface area contributed by atoms with E-state index in [4.69, 9.17) is 5.11 Å². The van der Waals surface area contributed by atoms with E-state index in [1.807, 2.05) is 49.6 Å². The Kier molecular flexibility index (Phi) is 5.79. The van der Waals surface area contributed by atoms with Crippen LogP contribution in [0.2, 0.25) is 0 Å². The second-order valence-corrected chi connectivity index (χ2v) is 6.87. The second-order valence-electron chi connectivity index (χ2n) is 6.87. The van der Waals surface area contributed by atoms with E-state index < -0.39 is 11.9 Å². The Bertz CT molecular complexity index is 1200. The number of carbonyl (C=O) groups is 2. The summed E-state index contributed by atoms with van der Waals surface area (Å²) in [6.45, 7) is 5.78. The van der Waals surface area contributed by atoms with Crippen LogP contribution in [-0.2, 0) is 4.79 Å². The van der Waals surface area contributed by atoms with E-state index in [9.17, 15) is 14.9 Å². The molecule has 0 aliphatic carbocycles. The van der Waals surface area contributed by atoms with Crippen LogP contribution >= 0.6 is 0 Å². The predicted octanol–water partition coefficient (Wildman–Crippen LogP) is 4.04. The Labute approximate surface area is 173 Å². The molecule has 0 saturated carbocycles. The molecule has 7 heteroatoms. The van der Waals surface area contributed by atoms with Gasteiger partial charge in [-0.2, -0.15) is 5.26 Å². The number of pyridine rings is 1. The normalized spacial score (nSPS) is 11.1. The Morgan fingerprint density at radius 1 is 1.17 bits per heavy atom. The van der Waals surface area contributed by atoms with Crippen molar-refractivity contribution in [3.8, 4) is 11.9 Å². The molecule has 150 valence electrons. The van der Waals surface area contributed by atoms with Crippen molar-refractivity contribution in [2.45, 2.75) is 20.8 Å². The number of hydrogen-bond acceptors (Lipinski definition) is 4. The van der Waals surface area contributed by atoms with E-state index in [0.29, 0.717) is 5.69 Å². The van der Waals surface area contributed by atoms with Crippen LogP contribution in [0.4, 0.5) is 5.69 Å². The molecule has 0 atom stereocenters. The lowest BCUT2D eigenvalue weighted by Gasteiger charge is -2.09. The minimum Gasteiger partial charge on any atom is -0.478 e. The van der Waals surface area contributed by atoms with Gasteiger partial charge < -0.3 is 15.0 Å². The fraction of sp³-hybridized carbons (Fsp3) is 0.130. The summed E-state index contributed by atoms with van der Waals surface area (Å²) in [6.07, 6.45) is 3.30. The number of carboxylic acids is 1. The molecule has 3 rings (SSSR count). The molecule has 0 aliphatic heterocycles. The lowest BCUT2D eigenvalue weighted by molar-refractivity contribution is -0.112. The van der Waals surface area contributed by atoms with E-state index >= 15 is 0 Å². The molecular formula is C23H20N4O3. The van der Waals surface area contributed by atoms with Gasteiger partial charge in [-0.15, -0.1) is 0 Å². The maximum Gasteiger partial charge on any atom is 0.335 e. The number of carboxylic acid groups (broad SMARTS) is 1. The summed E-state index contributed by atoms with van der Waals surface area (Å²) in [5.41, 5.74) is 3.80. The molecule has 2 aromatic heterocycles. The Hall–Kier alpha value is -4.18. The van der Waals surface area contributed by atoms with E-state index in [1.165, 1.54) is 24.3 Å². The molecule has 2 N–H and O–H groups in total. The number of rotatable bonds is 5. The van der Waals surface area contributed by atoms with Gasteiger partial charge in [0.25, 0.3) is 5.91 Å². The average Bonchev–Trinajstić information content (AvgIpc) is 3.00. The van der Waals surface area contributed by atoms with Crippen LogP contribution in [0, 0.1) is 32.1 Å². The highest BCUT2D eigenvalue weighted by molar-refractivity contribution is 6.10. The first-order valence-electron chi connectivity index (χ1n) is 9.18. The molecule has 0 radical (unpaired) electrons. The number of anilines is 1. The number of aryl methyl sites for hydroxylation is 2. The second kappa shape index (κ2) is 8.45. The molecule has 2 heterocycles. The molecule has 0 fully saturated rings. The third kappa shape index (κ3) is 4.28. The van der Waals surface area contributed by atoms with E-state index in [-0.39, 0.29) is 11.1 Å². The van der Waals surface area contributed by atoms with Crippen molar-refractivity contribution in [1.29, 1.82) is 5.26 Å². The van der Waals surface area contributed by atoms with Crippen molar-refractivity contribution in [2.75, 3.05) is 5.32 Å². The summed E-state index contributed by atoms with van der Waals surface area (Å²) in [7, 11) is 0. The van der Waals surface area contributed by atoms with E-state index in [1.54, 1.807) is 12.3 Å². The van der Waals surface area contributed by atoms with Crippen molar-refractivity contribution >= 4 is 23.6 Å². The van der Waals surface area contributed by atoms with Crippen molar-refractivity contribution in [2.24, 2.45) is 0 Å². The number of nitriles is 1. The number of amides is 1. The number of aromatic carboxylic acids is 1. The molecule has 0 aliphatic rings. The first-order valence-corrected chi connectivity index (χ1v) is 9.18. The highest BCUT2D eigenvalue weighted by atomic mass is 16.4. The van der Waals surface area contributed by atoms with Crippen LogP contribution in [0.15, 0.2) is 54.2 Å². The first-order chi connectivity index (χ1) is 14.3. The maximum atomic E-state index is 12.6. The smallest absolute Gasteiger partial charge is 0.335 e.